The number of H-pyrrole nitrogens is 1. The highest BCUT2D eigenvalue weighted by atomic mass is 16.5. The predicted octanol–water partition coefficient (Wildman–Crippen LogP) is -0.254. The Balaban J connectivity index is 1.72. The highest BCUT2D eigenvalue weighted by Gasteiger charge is 2.08. The van der Waals surface area contributed by atoms with Gasteiger partial charge in [-0.2, -0.15) is 5.10 Å². The van der Waals surface area contributed by atoms with E-state index >= 15 is 0 Å². The lowest BCUT2D eigenvalue weighted by Crippen LogP contribution is -2.45. The summed E-state index contributed by atoms with van der Waals surface area (Å²) in [6.45, 7) is 4.38. The van der Waals surface area contributed by atoms with Crippen molar-refractivity contribution in [3.63, 3.8) is 0 Å². The van der Waals surface area contributed by atoms with Crippen LogP contribution in [-0.2, 0) is 11.3 Å². The van der Waals surface area contributed by atoms with Crippen LogP contribution in [-0.4, -0.2) is 41.5 Å². The second-order valence-corrected chi connectivity index (χ2v) is 3.04. The Morgan fingerprint density at radius 2 is 2.38 bits per heavy atom. The third-order valence-corrected chi connectivity index (χ3v) is 2.07. The van der Waals surface area contributed by atoms with Crippen molar-refractivity contribution < 1.29 is 4.74 Å². The highest BCUT2D eigenvalue weighted by Crippen LogP contribution is 1.96. The summed E-state index contributed by atoms with van der Waals surface area (Å²) in [4.78, 5) is 0. The predicted molar refractivity (Wildman–Crippen MR) is 47.8 cm³/mol. The molecule has 0 bridgehead atoms. The first kappa shape index (κ1) is 8.68. The van der Waals surface area contributed by atoms with Gasteiger partial charge in [0.25, 0.3) is 0 Å². The molecule has 1 aliphatic rings. The van der Waals surface area contributed by atoms with Gasteiger partial charge in [-0.05, 0) is 0 Å². The van der Waals surface area contributed by atoms with Gasteiger partial charge in [0.05, 0.1) is 19.4 Å². The summed E-state index contributed by atoms with van der Waals surface area (Å²) in [5, 5.41) is 8.84. The summed E-state index contributed by atoms with van der Waals surface area (Å²) in [6, 6.07) is 0. The van der Waals surface area contributed by atoms with Crippen LogP contribution in [0.3, 0.4) is 0 Å². The Hall–Kier alpha value is -0.910. The minimum absolute atomic E-state index is 0.818. The Bertz CT molecular complexity index is 230. The number of ether oxygens (including phenoxy) is 1. The first-order chi connectivity index (χ1) is 6.45. The molecule has 13 heavy (non-hydrogen) atoms. The normalized spacial score (nSPS) is 19.1. The fourth-order valence-electron chi connectivity index (χ4n) is 1.30. The second kappa shape index (κ2) is 4.36. The molecule has 1 fully saturated rings. The number of aromatic amines is 1. The van der Waals surface area contributed by atoms with E-state index in [0.29, 0.717) is 0 Å². The van der Waals surface area contributed by atoms with Gasteiger partial charge in [-0.1, -0.05) is 0 Å². The first-order valence-electron chi connectivity index (χ1n) is 4.49. The molecule has 5 nitrogen and oxygen atoms in total. The minimum atomic E-state index is 0.818. The van der Waals surface area contributed by atoms with Gasteiger partial charge < -0.3 is 4.74 Å². The fourth-order valence-corrected chi connectivity index (χ4v) is 1.30. The molecule has 1 aliphatic heterocycles. The fraction of sp³-hybridized carbons (Fsp3) is 0.625. The highest BCUT2D eigenvalue weighted by molar-refractivity contribution is 5.01. The summed E-state index contributed by atoms with van der Waals surface area (Å²) >= 11 is 0. The number of hydrogen-bond acceptors (Lipinski definition) is 4. The van der Waals surface area contributed by atoms with Crippen molar-refractivity contribution in [1.29, 1.82) is 0 Å². The molecule has 0 unspecified atom stereocenters. The topological polar surface area (TPSA) is 53.2 Å². The average molecular weight is 182 g/mol. The SMILES string of the molecule is c1n[nH]cc1CNN1CCOCC1. The van der Waals surface area contributed by atoms with Crippen molar-refractivity contribution in [2.24, 2.45) is 0 Å². The van der Waals surface area contributed by atoms with Crippen molar-refractivity contribution in [1.82, 2.24) is 20.6 Å². The molecule has 2 N–H and O–H groups in total. The second-order valence-electron chi connectivity index (χ2n) is 3.04. The van der Waals surface area contributed by atoms with Gasteiger partial charge in [0, 0.05) is 31.4 Å². The Kier molecular flexibility index (Phi) is 2.91. The van der Waals surface area contributed by atoms with Crippen LogP contribution in [0.4, 0.5) is 0 Å². The molecule has 5 heteroatoms. The molecule has 0 spiro atoms. The number of morpholine rings is 1. The van der Waals surface area contributed by atoms with Crippen molar-refractivity contribution in [2.75, 3.05) is 26.3 Å². The maximum absolute atomic E-state index is 5.24. The van der Waals surface area contributed by atoms with Gasteiger partial charge in [0.2, 0.25) is 0 Å². The number of rotatable bonds is 3. The molecule has 0 aliphatic carbocycles. The molecule has 0 saturated carbocycles. The van der Waals surface area contributed by atoms with E-state index in [-0.39, 0.29) is 0 Å². The monoisotopic (exact) mass is 182 g/mol. The Labute approximate surface area is 77.0 Å². The molecular weight excluding hydrogens is 168 g/mol. The number of hydrogen-bond donors (Lipinski definition) is 2. The van der Waals surface area contributed by atoms with Crippen LogP contribution in [0.15, 0.2) is 12.4 Å². The van der Waals surface area contributed by atoms with Crippen LogP contribution in [0.2, 0.25) is 0 Å². The van der Waals surface area contributed by atoms with Gasteiger partial charge in [-0.3, -0.25) is 10.5 Å². The molecule has 1 saturated heterocycles. The summed E-state index contributed by atoms with van der Waals surface area (Å²) in [5.74, 6) is 0. The molecule has 2 heterocycles. The molecule has 72 valence electrons. The van der Waals surface area contributed by atoms with Gasteiger partial charge >= 0.3 is 0 Å². The van der Waals surface area contributed by atoms with Crippen LogP contribution in [0.5, 0.6) is 0 Å². The smallest absolute Gasteiger partial charge is 0.0608 e. The van der Waals surface area contributed by atoms with Gasteiger partial charge in [0.1, 0.15) is 0 Å². The number of nitrogens with one attached hydrogen (secondary N) is 2. The van der Waals surface area contributed by atoms with Crippen molar-refractivity contribution in [3.05, 3.63) is 18.0 Å². The molecule has 0 radical (unpaired) electrons. The summed E-state index contributed by atoms with van der Waals surface area (Å²) in [5.41, 5.74) is 4.49. The van der Waals surface area contributed by atoms with E-state index in [1.165, 1.54) is 5.56 Å². The van der Waals surface area contributed by atoms with E-state index in [2.05, 4.69) is 20.6 Å². The van der Waals surface area contributed by atoms with Gasteiger partial charge in [-0.15, -0.1) is 0 Å². The largest absolute Gasteiger partial charge is 0.379 e. The van der Waals surface area contributed by atoms with Gasteiger partial charge in [0.15, 0.2) is 0 Å². The van der Waals surface area contributed by atoms with Crippen LogP contribution in [0.1, 0.15) is 5.56 Å². The first-order valence-corrected chi connectivity index (χ1v) is 4.49. The van der Waals surface area contributed by atoms with Crippen LogP contribution < -0.4 is 5.43 Å². The summed E-state index contributed by atoms with van der Waals surface area (Å²) < 4.78 is 5.24. The molecule has 0 amide bonds. The number of hydrazine groups is 1. The third kappa shape index (κ3) is 2.51. The Morgan fingerprint density at radius 3 is 3.08 bits per heavy atom. The molecule has 0 aromatic carbocycles. The third-order valence-electron chi connectivity index (χ3n) is 2.07. The molecule has 0 atom stereocenters. The zero-order valence-corrected chi connectivity index (χ0v) is 7.49. The van der Waals surface area contributed by atoms with Crippen molar-refractivity contribution in [2.45, 2.75) is 6.54 Å². The zero-order chi connectivity index (χ0) is 8.93. The lowest BCUT2D eigenvalue weighted by Gasteiger charge is -2.26. The summed E-state index contributed by atoms with van der Waals surface area (Å²) in [7, 11) is 0. The molecule has 1 aromatic heterocycles. The average Bonchev–Trinajstić information content (AvgIpc) is 2.69. The van der Waals surface area contributed by atoms with Crippen LogP contribution >= 0.6 is 0 Å². The maximum atomic E-state index is 5.24. The van der Waals surface area contributed by atoms with E-state index in [4.69, 9.17) is 4.74 Å². The molecule has 2 rings (SSSR count). The van der Waals surface area contributed by atoms with E-state index in [0.717, 1.165) is 32.8 Å². The van der Waals surface area contributed by atoms with E-state index < -0.39 is 0 Å². The lowest BCUT2D eigenvalue weighted by molar-refractivity contribution is 0.0106. The minimum Gasteiger partial charge on any atom is -0.379 e. The van der Waals surface area contributed by atoms with Crippen molar-refractivity contribution in [3.8, 4) is 0 Å². The van der Waals surface area contributed by atoms with Crippen LogP contribution in [0.25, 0.3) is 0 Å². The lowest BCUT2D eigenvalue weighted by atomic mass is 10.4. The maximum Gasteiger partial charge on any atom is 0.0608 e. The molecule has 1 aromatic rings. The van der Waals surface area contributed by atoms with E-state index in [1.54, 1.807) is 0 Å². The van der Waals surface area contributed by atoms with Crippen LogP contribution in [0, 0.1) is 0 Å². The van der Waals surface area contributed by atoms with E-state index in [9.17, 15) is 0 Å². The molecular formula is C8H14N4O. The van der Waals surface area contributed by atoms with Crippen molar-refractivity contribution >= 4 is 0 Å². The number of aromatic nitrogens is 2. The quantitative estimate of drug-likeness (QED) is 0.676. The van der Waals surface area contributed by atoms with Gasteiger partial charge in [-0.25, -0.2) is 5.01 Å². The zero-order valence-electron chi connectivity index (χ0n) is 7.49. The number of nitrogens with zero attached hydrogens (tertiary/aromatic N) is 2. The Morgan fingerprint density at radius 1 is 1.54 bits per heavy atom. The van der Waals surface area contributed by atoms with E-state index in [1.807, 2.05) is 12.4 Å². The summed E-state index contributed by atoms with van der Waals surface area (Å²) in [6.07, 6.45) is 3.72. The standard InChI is InChI=1S/C8H14N4O/c1-3-13-4-2-12(1)11-7-8-5-9-10-6-8/h5-6,11H,1-4,7H2,(H,9,10).